The van der Waals surface area contributed by atoms with Gasteiger partial charge < -0.3 is 10.2 Å². The molecule has 0 bridgehead atoms. The summed E-state index contributed by atoms with van der Waals surface area (Å²) < 4.78 is 0. The number of piperidine rings is 1. The van der Waals surface area contributed by atoms with Gasteiger partial charge in [0.15, 0.2) is 0 Å². The lowest BCUT2D eigenvalue weighted by atomic mass is 10.1. The van der Waals surface area contributed by atoms with Crippen LogP contribution in [0.5, 0.6) is 0 Å². The van der Waals surface area contributed by atoms with Crippen LogP contribution in [-0.4, -0.2) is 57.5 Å². The predicted molar refractivity (Wildman–Crippen MR) is 150 cm³/mol. The number of pyridine rings is 2. The molecule has 1 fully saturated rings. The van der Waals surface area contributed by atoms with E-state index in [0.29, 0.717) is 0 Å². The molecule has 0 amide bonds. The summed E-state index contributed by atoms with van der Waals surface area (Å²) in [7, 11) is 4.07. The minimum absolute atomic E-state index is 0.736. The summed E-state index contributed by atoms with van der Waals surface area (Å²) >= 11 is 3.54. The lowest BCUT2D eigenvalue weighted by molar-refractivity contribution is 0.282. The Labute approximate surface area is 215 Å². The summed E-state index contributed by atoms with van der Waals surface area (Å²) in [6.45, 7) is 6.44. The fourth-order valence-corrected chi connectivity index (χ4v) is 5.68. The molecule has 35 heavy (non-hydrogen) atoms. The van der Waals surface area contributed by atoms with Crippen molar-refractivity contribution in [3.05, 3.63) is 65.4 Å². The monoisotopic (exact) mass is 504 g/mol. The van der Waals surface area contributed by atoms with Crippen molar-refractivity contribution < 1.29 is 0 Å². The number of likely N-dealkylation sites (tertiary alicyclic amines) is 1. The topological polar surface area (TPSA) is 66.8 Å². The van der Waals surface area contributed by atoms with Gasteiger partial charge in [-0.05, 0) is 82.0 Å². The predicted octanol–water partition coefficient (Wildman–Crippen LogP) is 6.40. The van der Waals surface area contributed by atoms with Crippen molar-refractivity contribution in [3.63, 3.8) is 0 Å². The van der Waals surface area contributed by atoms with Crippen LogP contribution in [0.15, 0.2) is 59.9 Å². The molecule has 0 unspecified atom stereocenters. The van der Waals surface area contributed by atoms with Gasteiger partial charge in [-0.3, -0.25) is 0 Å². The third-order valence-electron chi connectivity index (χ3n) is 5.82. The summed E-state index contributed by atoms with van der Waals surface area (Å²) in [5, 5.41) is 17.4. The fraction of sp³-hybridized carbons (Fsp3) is 0.333. The Morgan fingerprint density at radius 1 is 1.06 bits per heavy atom. The summed E-state index contributed by atoms with van der Waals surface area (Å²) in [5.41, 5.74) is 2.35. The number of rotatable bonds is 5. The number of hydrogen-bond donors (Lipinski definition) is 1. The SMILES string of the molecule is C/C=C\c1ccnc(SC2CCN(C)CC2)c1.CNc1cc2cc(-c3nnc(C)s3)ccc2cn1. The Balaban J connectivity index is 0.000000165. The first-order chi connectivity index (χ1) is 17.0. The molecule has 3 aromatic heterocycles. The largest absolute Gasteiger partial charge is 0.373 e. The normalized spacial score (nSPS) is 14.7. The van der Waals surface area contributed by atoms with Crippen LogP contribution < -0.4 is 5.32 Å². The highest BCUT2D eigenvalue weighted by molar-refractivity contribution is 7.99. The maximum Gasteiger partial charge on any atom is 0.147 e. The molecule has 182 valence electrons. The number of benzene rings is 1. The zero-order valence-corrected chi connectivity index (χ0v) is 22.4. The minimum Gasteiger partial charge on any atom is -0.373 e. The smallest absolute Gasteiger partial charge is 0.147 e. The first-order valence-electron chi connectivity index (χ1n) is 11.9. The number of fused-ring (bicyclic) bond motifs is 1. The van der Waals surface area contributed by atoms with Gasteiger partial charge in [0.1, 0.15) is 15.8 Å². The molecule has 0 atom stereocenters. The molecule has 5 rings (SSSR count). The Morgan fingerprint density at radius 2 is 1.89 bits per heavy atom. The highest BCUT2D eigenvalue weighted by atomic mass is 32.2. The van der Waals surface area contributed by atoms with Gasteiger partial charge in [0, 0.05) is 35.6 Å². The number of hydrogen-bond acceptors (Lipinski definition) is 8. The molecule has 0 spiro atoms. The molecular formula is C27H32N6S2. The summed E-state index contributed by atoms with van der Waals surface area (Å²) in [6, 6.07) is 12.5. The number of nitrogens with one attached hydrogen (secondary N) is 1. The van der Waals surface area contributed by atoms with Gasteiger partial charge in [-0.1, -0.05) is 35.6 Å². The zero-order valence-electron chi connectivity index (χ0n) is 20.7. The van der Waals surface area contributed by atoms with Crippen molar-refractivity contribution in [1.82, 2.24) is 25.1 Å². The first-order valence-corrected chi connectivity index (χ1v) is 13.6. The molecule has 1 N–H and O–H groups in total. The van der Waals surface area contributed by atoms with Crippen LogP contribution in [0.1, 0.15) is 30.3 Å². The molecule has 0 saturated carbocycles. The highest BCUT2D eigenvalue weighted by Gasteiger charge is 2.18. The quantitative estimate of drug-likeness (QED) is 0.337. The summed E-state index contributed by atoms with van der Waals surface area (Å²) in [6.07, 6.45) is 10.5. The van der Waals surface area contributed by atoms with E-state index in [1.54, 1.807) is 11.3 Å². The number of anilines is 1. The van der Waals surface area contributed by atoms with Crippen LogP contribution in [0.2, 0.25) is 0 Å². The van der Waals surface area contributed by atoms with Crippen LogP contribution in [0, 0.1) is 6.92 Å². The molecule has 1 aliphatic heterocycles. The Kier molecular flexibility index (Phi) is 8.84. The van der Waals surface area contributed by atoms with Gasteiger partial charge in [-0.2, -0.15) is 0 Å². The molecule has 6 nitrogen and oxygen atoms in total. The van der Waals surface area contributed by atoms with Crippen molar-refractivity contribution in [2.24, 2.45) is 0 Å². The van der Waals surface area contributed by atoms with Crippen LogP contribution in [0.25, 0.3) is 27.4 Å². The van der Waals surface area contributed by atoms with Gasteiger partial charge >= 0.3 is 0 Å². The summed E-state index contributed by atoms with van der Waals surface area (Å²) in [4.78, 5) is 11.1. The Morgan fingerprint density at radius 3 is 2.60 bits per heavy atom. The van der Waals surface area contributed by atoms with E-state index in [1.165, 1.54) is 31.5 Å². The van der Waals surface area contributed by atoms with Crippen LogP contribution in [0.4, 0.5) is 5.82 Å². The van der Waals surface area contributed by atoms with E-state index in [-0.39, 0.29) is 0 Å². The van der Waals surface area contributed by atoms with Crippen LogP contribution in [-0.2, 0) is 0 Å². The maximum absolute atomic E-state index is 4.45. The molecule has 1 aliphatic rings. The number of nitrogens with zero attached hydrogens (tertiary/aromatic N) is 5. The third kappa shape index (κ3) is 7.10. The number of aryl methyl sites for hydroxylation is 1. The molecular weight excluding hydrogens is 472 g/mol. The van der Waals surface area contributed by atoms with E-state index in [4.69, 9.17) is 0 Å². The standard InChI is InChI=1S/C14H20N2S.C13H12N4S/c1-3-4-12-5-8-15-14(11-12)17-13-6-9-16(2)10-7-13;1-8-16-17-13(18-8)9-3-4-10-7-15-12(14-2)6-11(10)5-9/h3-5,8,11,13H,6-7,9-10H2,1-2H3;3-7H,1-2H3,(H,14,15)/b4-3-;. The fourth-order valence-electron chi connectivity index (χ4n) is 3.88. The van der Waals surface area contributed by atoms with Crippen LogP contribution >= 0.6 is 23.1 Å². The van der Waals surface area contributed by atoms with Crippen molar-refractivity contribution in [1.29, 1.82) is 0 Å². The van der Waals surface area contributed by atoms with E-state index in [1.807, 2.05) is 51.1 Å². The zero-order chi connectivity index (χ0) is 24.6. The first kappa shape index (κ1) is 25.3. The molecule has 4 aromatic rings. The van der Waals surface area contributed by atoms with Crippen molar-refractivity contribution in [2.45, 2.75) is 37.0 Å². The average Bonchev–Trinajstić information content (AvgIpc) is 3.32. The number of allylic oxidation sites excluding steroid dienone is 1. The second-order valence-electron chi connectivity index (χ2n) is 8.56. The van der Waals surface area contributed by atoms with Gasteiger partial charge in [-0.25, -0.2) is 9.97 Å². The maximum atomic E-state index is 4.45. The van der Waals surface area contributed by atoms with E-state index in [0.717, 1.165) is 42.4 Å². The van der Waals surface area contributed by atoms with Crippen LogP contribution in [0.3, 0.4) is 0 Å². The lowest BCUT2D eigenvalue weighted by Crippen LogP contribution is -2.31. The van der Waals surface area contributed by atoms with E-state index < -0.39 is 0 Å². The minimum atomic E-state index is 0.736. The van der Waals surface area contributed by atoms with Crippen molar-refractivity contribution >= 4 is 45.8 Å². The van der Waals surface area contributed by atoms with E-state index in [9.17, 15) is 0 Å². The van der Waals surface area contributed by atoms with Crippen molar-refractivity contribution in [2.75, 3.05) is 32.5 Å². The average molecular weight is 505 g/mol. The number of thioether (sulfide) groups is 1. The molecule has 0 radical (unpaired) electrons. The molecule has 4 heterocycles. The van der Waals surface area contributed by atoms with Gasteiger partial charge in [0.25, 0.3) is 0 Å². The van der Waals surface area contributed by atoms with Gasteiger partial charge in [0.05, 0.1) is 5.03 Å². The molecule has 1 aromatic carbocycles. The van der Waals surface area contributed by atoms with Gasteiger partial charge in [0.2, 0.25) is 0 Å². The Hall–Kier alpha value is -2.81. The number of aromatic nitrogens is 4. The molecule has 1 saturated heterocycles. The third-order valence-corrected chi connectivity index (χ3v) is 7.98. The Bertz CT molecular complexity index is 1280. The second kappa shape index (κ2) is 12.2. The van der Waals surface area contributed by atoms with Gasteiger partial charge in [-0.15, -0.1) is 22.0 Å². The van der Waals surface area contributed by atoms with Crippen molar-refractivity contribution in [3.8, 4) is 10.6 Å². The van der Waals surface area contributed by atoms with E-state index >= 15 is 0 Å². The van der Waals surface area contributed by atoms with E-state index in [2.05, 4.69) is 79.9 Å². The molecule has 0 aliphatic carbocycles. The highest BCUT2D eigenvalue weighted by Crippen LogP contribution is 2.29. The molecule has 8 heteroatoms. The summed E-state index contributed by atoms with van der Waals surface area (Å²) in [5.74, 6) is 0.869. The lowest BCUT2D eigenvalue weighted by Gasteiger charge is -2.28. The second-order valence-corrected chi connectivity index (χ2v) is 11.1.